The fraction of sp³-hybridized carbons (Fsp3) is 0.263. The van der Waals surface area contributed by atoms with Gasteiger partial charge in [-0.2, -0.15) is 0 Å². The average Bonchev–Trinajstić information content (AvgIpc) is 3.34. The van der Waals surface area contributed by atoms with Crippen molar-refractivity contribution in [3.8, 4) is 0 Å². The molecular weight excluding hydrogens is 338 g/mol. The third-order valence-corrected chi connectivity index (χ3v) is 4.44. The summed E-state index contributed by atoms with van der Waals surface area (Å²) in [6, 6.07) is 12.9. The van der Waals surface area contributed by atoms with E-state index in [0.29, 0.717) is 11.3 Å². The summed E-state index contributed by atoms with van der Waals surface area (Å²) in [5, 5.41) is 9.06. The molecule has 0 unspecified atom stereocenters. The van der Waals surface area contributed by atoms with Crippen LogP contribution in [0.2, 0.25) is 0 Å². The Bertz CT molecular complexity index is 801. The molecule has 1 aliphatic heterocycles. The third kappa shape index (κ3) is 3.94. The highest BCUT2D eigenvalue weighted by atomic mass is 35.5. The number of anilines is 3. The molecule has 0 radical (unpaired) electrons. The highest BCUT2D eigenvalue weighted by Gasteiger charge is 2.29. The third-order valence-electron chi connectivity index (χ3n) is 4.44. The van der Waals surface area contributed by atoms with Crippen molar-refractivity contribution in [1.82, 2.24) is 0 Å². The molecule has 2 aromatic rings. The van der Waals surface area contributed by atoms with E-state index in [0.717, 1.165) is 37.2 Å². The highest BCUT2D eigenvalue weighted by Crippen LogP contribution is 2.30. The fourth-order valence-corrected chi connectivity index (χ4v) is 2.88. The maximum atomic E-state index is 12.4. The van der Waals surface area contributed by atoms with Gasteiger partial charge in [-0.05, 0) is 67.3 Å². The van der Waals surface area contributed by atoms with Gasteiger partial charge in [0.25, 0.3) is 5.91 Å². The lowest BCUT2D eigenvalue weighted by molar-refractivity contribution is -0.117. The second kappa shape index (κ2) is 7.15. The SMILES string of the molecule is Cl.O=C(Nc1ccc(NC(=O)C2CC2)cc1)c1ccc2c(c1)CCN2. The van der Waals surface area contributed by atoms with Gasteiger partial charge in [0.1, 0.15) is 0 Å². The predicted octanol–water partition coefficient (Wildman–Crippen LogP) is 3.68. The van der Waals surface area contributed by atoms with Crippen LogP contribution in [0.4, 0.5) is 17.1 Å². The quantitative estimate of drug-likeness (QED) is 0.781. The van der Waals surface area contributed by atoms with E-state index < -0.39 is 0 Å². The van der Waals surface area contributed by atoms with E-state index >= 15 is 0 Å². The van der Waals surface area contributed by atoms with E-state index in [9.17, 15) is 9.59 Å². The lowest BCUT2D eigenvalue weighted by Crippen LogP contribution is -2.14. The Morgan fingerprint density at radius 3 is 2.32 bits per heavy atom. The number of carbonyl (C=O) groups is 2. The van der Waals surface area contributed by atoms with Crippen LogP contribution in [0.3, 0.4) is 0 Å². The van der Waals surface area contributed by atoms with Crippen LogP contribution in [0.1, 0.15) is 28.8 Å². The zero-order valence-electron chi connectivity index (χ0n) is 13.7. The fourth-order valence-electron chi connectivity index (χ4n) is 2.88. The summed E-state index contributed by atoms with van der Waals surface area (Å²) in [6.45, 7) is 0.925. The van der Waals surface area contributed by atoms with Crippen molar-refractivity contribution in [2.45, 2.75) is 19.3 Å². The summed E-state index contributed by atoms with van der Waals surface area (Å²) in [5.74, 6) is 0.136. The Morgan fingerprint density at radius 2 is 1.64 bits per heavy atom. The van der Waals surface area contributed by atoms with Gasteiger partial charge in [-0.15, -0.1) is 12.4 Å². The van der Waals surface area contributed by atoms with Crippen LogP contribution < -0.4 is 16.0 Å². The topological polar surface area (TPSA) is 70.2 Å². The highest BCUT2D eigenvalue weighted by molar-refractivity contribution is 6.05. The van der Waals surface area contributed by atoms with Crippen LogP contribution in [-0.2, 0) is 11.2 Å². The first-order valence-corrected chi connectivity index (χ1v) is 8.28. The Hall–Kier alpha value is -2.53. The first-order valence-electron chi connectivity index (χ1n) is 8.28. The largest absolute Gasteiger partial charge is 0.384 e. The van der Waals surface area contributed by atoms with E-state index in [1.165, 1.54) is 5.56 Å². The summed E-state index contributed by atoms with van der Waals surface area (Å²) in [4.78, 5) is 24.1. The number of hydrogen-bond acceptors (Lipinski definition) is 3. The Balaban J connectivity index is 0.00000182. The molecule has 130 valence electrons. The van der Waals surface area contributed by atoms with Gasteiger partial charge in [0, 0.05) is 35.1 Å². The number of carbonyl (C=O) groups excluding carboxylic acids is 2. The molecule has 1 fully saturated rings. The van der Waals surface area contributed by atoms with E-state index in [1.807, 2.05) is 30.3 Å². The first-order chi connectivity index (χ1) is 11.7. The molecule has 1 aliphatic carbocycles. The summed E-state index contributed by atoms with van der Waals surface area (Å²) in [6.07, 6.45) is 2.92. The molecule has 2 amide bonds. The van der Waals surface area contributed by atoms with E-state index in [1.54, 1.807) is 12.1 Å². The van der Waals surface area contributed by atoms with Crippen LogP contribution in [-0.4, -0.2) is 18.4 Å². The minimum absolute atomic E-state index is 0. The minimum Gasteiger partial charge on any atom is -0.384 e. The molecule has 1 heterocycles. The maximum Gasteiger partial charge on any atom is 0.255 e. The summed E-state index contributed by atoms with van der Waals surface area (Å²) < 4.78 is 0. The van der Waals surface area contributed by atoms with Crippen LogP contribution in [0.15, 0.2) is 42.5 Å². The van der Waals surface area contributed by atoms with Gasteiger partial charge in [-0.1, -0.05) is 0 Å². The van der Waals surface area contributed by atoms with Crippen molar-refractivity contribution in [1.29, 1.82) is 0 Å². The molecule has 0 bridgehead atoms. The number of benzene rings is 2. The Morgan fingerprint density at radius 1 is 0.960 bits per heavy atom. The molecule has 6 heteroatoms. The first kappa shape index (κ1) is 17.3. The van der Waals surface area contributed by atoms with E-state index in [4.69, 9.17) is 0 Å². The normalized spacial score (nSPS) is 14.7. The molecule has 0 saturated heterocycles. The lowest BCUT2D eigenvalue weighted by Gasteiger charge is -2.09. The second-order valence-electron chi connectivity index (χ2n) is 6.34. The monoisotopic (exact) mass is 357 g/mol. The van der Waals surface area contributed by atoms with E-state index in [2.05, 4.69) is 16.0 Å². The molecule has 2 aliphatic rings. The molecule has 0 spiro atoms. The molecule has 3 N–H and O–H groups in total. The predicted molar refractivity (Wildman–Crippen MR) is 102 cm³/mol. The minimum atomic E-state index is -0.125. The van der Waals surface area contributed by atoms with Gasteiger partial charge in [0.05, 0.1) is 0 Å². The molecular formula is C19H20ClN3O2. The number of fused-ring (bicyclic) bond motifs is 1. The Kier molecular flexibility index (Phi) is 4.95. The van der Waals surface area contributed by atoms with Crippen molar-refractivity contribution in [3.63, 3.8) is 0 Å². The van der Waals surface area contributed by atoms with Gasteiger partial charge in [0.2, 0.25) is 5.91 Å². The summed E-state index contributed by atoms with van der Waals surface area (Å²) >= 11 is 0. The van der Waals surface area contributed by atoms with E-state index in [-0.39, 0.29) is 30.1 Å². The number of nitrogens with one attached hydrogen (secondary N) is 3. The summed E-state index contributed by atoms with van der Waals surface area (Å²) in [5.41, 5.74) is 4.42. The Labute approximate surface area is 152 Å². The van der Waals surface area contributed by atoms with Crippen LogP contribution >= 0.6 is 12.4 Å². The van der Waals surface area contributed by atoms with Gasteiger partial charge >= 0.3 is 0 Å². The zero-order valence-corrected chi connectivity index (χ0v) is 14.5. The van der Waals surface area contributed by atoms with Crippen molar-refractivity contribution < 1.29 is 9.59 Å². The van der Waals surface area contributed by atoms with Gasteiger partial charge in [-0.3, -0.25) is 9.59 Å². The van der Waals surface area contributed by atoms with Crippen LogP contribution in [0.5, 0.6) is 0 Å². The van der Waals surface area contributed by atoms with Crippen molar-refractivity contribution in [3.05, 3.63) is 53.6 Å². The zero-order chi connectivity index (χ0) is 16.5. The van der Waals surface area contributed by atoms with Crippen molar-refractivity contribution >= 4 is 41.3 Å². The van der Waals surface area contributed by atoms with Crippen LogP contribution in [0, 0.1) is 5.92 Å². The van der Waals surface area contributed by atoms with Gasteiger partial charge in [0.15, 0.2) is 0 Å². The van der Waals surface area contributed by atoms with Crippen molar-refractivity contribution in [2.75, 3.05) is 22.5 Å². The van der Waals surface area contributed by atoms with Gasteiger partial charge in [-0.25, -0.2) is 0 Å². The number of rotatable bonds is 4. The number of halogens is 1. The molecule has 0 aromatic heterocycles. The average molecular weight is 358 g/mol. The summed E-state index contributed by atoms with van der Waals surface area (Å²) in [7, 11) is 0. The lowest BCUT2D eigenvalue weighted by atomic mass is 10.1. The molecule has 4 rings (SSSR count). The molecule has 25 heavy (non-hydrogen) atoms. The van der Waals surface area contributed by atoms with Crippen molar-refractivity contribution in [2.24, 2.45) is 5.92 Å². The maximum absolute atomic E-state index is 12.4. The smallest absolute Gasteiger partial charge is 0.255 e. The number of hydrogen-bond donors (Lipinski definition) is 3. The molecule has 1 saturated carbocycles. The molecule has 5 nitrogen and oxygen atoms in total. The number of amides is 2. The molecule has 2 aromatic carbocycles. The van der Waals surface area contributed by atoms with Gasteiger partial charge < -0.3 is 16.0 Å². The molecule has 0 atom stereocenters. The van der Waals surface area contributed by atoms with Crippen LogP contribution in [0.25, 0.3) is 0 Å². The standard InChI is InChI=1S/C19H19N3O2.ClH/c23-18(12-1-2-12)21-15-4-6-16(7-5-15)22-19(24)14-3-8-17-13(11-14)9-10-20-17;/h3-8,11-12,20H,1-2,9-10H2,(H,21,23)(H,22,24);1H. The second-order valence-corrected chi connectivity index (χ2v) is 6.34.